The monoisotopic (exact) mass is 488 g/mol. The maximum atomic E-state index is 12.1. The number of methoxy groups -OCH3 is 2. The first kappa shape index (κ1) is 22.5. The summed E-state index contributed by atoms with van der Waals surface area (Å²) in [7, 11) is 3.08. The topological polar surface area (TPSA) is 106 Å². The lowest BCUT2D eigenvalue weighted by molar-refractivity contribution is -0.135. The number of para-hydroxylation sites is 1. The molecule has 0 N–H and O–H groups in total. The molecule has 2 aromatic rings. The average Bonchev–Trinajstić information content (AvgIpc) is 3.20. The van der Waals surface area contributed by atoms with E-state index in [1.807, 2.05) is 12.1 Å². The zero-order valence-corrected chi connectivity index (χ0v) is 19.1. The van der Waals surface area contributed by atoms with Gasteiger partial charge in [-0.05, 0) is 35.0 Å². The lowest BCUT2D eigenvalue weighted by atomic mass is 10.1. The van der Waals surface area contributed by atoms with Crippen LogP contribution in [0.2, 0.25) is 0 Å². The summed E-state index contributed by atoms with van der Waals surface area (Å²) in [5.41, 5.74) is 2.19. The van der Waals surface area contributed by atoms with E-state index >= 15 is 0 Å². The van der Waals surface area contributed by atoms with Crippen LogP contribution in [0.25, 0.3) is 0 Å². The standard InChI is InChI=1S/C21H21BrN4O5/c1-12-19(22)16(10-28-3)15(9-23)20(24-12)30-11-18-25-26(13(2)27)21(31-18)14-7-5-6-8-17(14)29-4/h5-8,21H,10-11H2,1-4H3/t21-/m1/s1. The number of hydrazone groups is 1. The van der Waals surface area contributed by atoms with Gasteiger partial charge in [0.2, 0.25) is 23.9 Å². The number of carbonyl (C=O) groups is 1. The van der Waals surface area contributed by atoms with Gasteiger partial charge in [0.15, 0.2) is 6.61 Å². The molecule has 3 rings (SSSR count). The van der Waals surface area contributed by atoms with E-state index in [-0.39, 0.29) is 36.5 Å². The second-order valence-electron chi connectivity index (χ2n) is 6.57. The molecular weight excluding hydrogens is 468 g/mol. The highest BCUT2D eigenvalue weighted by atomic mass is 79.9. The first-order valence-corrected chi connectivity index (χ1v) is 10.1. The number of ether oxygens (including phenoxy) is 4. The summed E-state index contributed by atoms with van der Waals surface area (Å²) in [6.07, 6.45) is -0.786. The van der Waals surface area contributed by atoms with Gasteiger partial charge in [-0.25, -0.2) is 4.98 Å². The van der Waals surface area contributed by atoms with E-state index in [0.717, 1.165) is 0 Å². The molecule has 31 heavy (non-hydrogen) atoms. The molecule has 0 saturated carbocycles. The van der Waals surface area contributed by atoms with Crippen molar-refractivity contribution >= 4 is 27.7 Å². The largest absolute Gasteiger partial charge is 0.496 e. The number of aromatic nitrogens is 1. The molecule has 1 atom stereocenters. The van der Waals surface area contributed by atoms with Crippen LogP contribution < -0.4 is 9.47 Å². The van der Waals surface area contributed by atoms with Crippen molar-refractivity contribution in [3.8, 4) is 17.7 Å². The Bertz CT molecular complexity index is 1070. The van der Waals surface area contributed by atoms with Crippen LogP contribution in [-0.2, 0) is 20.9 Å². The van der Waals surface area contributed by atoms with E-state index in [2.05, 4.69) is 32.1 Å². The van der Waals surface area contributed by atoms with E-state index in [0.29, 0.717) is 27.0 Å². The molecule has 0 fully saturated rings. The summed E-state index contributed by atoms with van der Waals surface area (Å²) in [5.74, 6) is 0.572. The van der Waals surface area contributed by atoms with Crippen molar-refractivity contribution in [1.29, 1.82) is 5.26 Å². The fraction of sp³-hybridized carbons (Fsp3) is 0.333. The van der Waals surface area contributed by atoms with Gasteiger partial charge in [-0.15, -0.1) is 5.10 Å². The number of halogens is 1. The van der Waals surface area contributed by atoms with Crippen molar-refractivity contribution in [1.82, 2.24) is 9.99 Å². The minimum absolute atomic E-state index is 0.120. The highest BCUT2D eigenvalue weighted by Crippen LogP contribution is 2.35. The summed E-state index contributed by atoms with van der Waals surface area (Å²) in [5, 5.41) is 15.1. The molecule has 0 radical (unpaired) electrons. The Hall–Kier alpha value is -3.16. The molecule has 0 spiro atoms. The molecule has 0 aliphatic carbocycles. The minimum Gasteiger partial charge on any atom is -0.496 e. The smallest absolute Gasteiger partial charge is 0.247 e. The summed E-state index contributed by atoms with van der Waals surface area (Å²) < 4.78 is 22.9. The average molecular weight is 489 g/mol. The Labute approximate surface area is 188 Å². The zero-order valence-electron chi connectivity index (χ0n) is 17.5. The number of hydrogen-bond acceptors (Lipinski definition) is 8. The van der Waals surface area contributed by atoms with E-state index < -0.39 is 6.23 Å². The molecule has 0 unspecified atom stereocenters. The second kappa shape index (κ2) is 9.76. The van der Waals surface area contributed by atoms with E-state index in [1.54, 1.807) is 33.3 Å². The summed E-state index contributed by atoms with van der Waals surface area (Å²) in [4.78, 5) is 16.5. The van der Waals surface area contributed by atoms with Crippen molar-refractivity contribution in [3.05, 3.63) is 51.1 Å². The molecule has 1 aromatic heterocycles. The van der Waals surface area contributed by atoms with Gasteiger partial charge in [0, 0.05) is 24.1 Å². The van der Waals surface area contributed by atoms with E-state index in [9.17, 15) is 10.1 Å². The van der Waals surface area contributed by atoms with Crippen molar-refractivity contribution < 1.29 is 23.7 Å². The van der Waals surface area contributed by atoms with Crippen molar-refractivity contribution in [2.24, 2.45) is 5.10 Å². The van der Waals surface area contributed by atoms with E-state index in [1.165, 1.54) is 11.9 Å². The number of aryl methyl sites for hydroxylation is 1. The van der Waals surface area contributed by atoms with Crippen LogP contribution in [0.5, 0.6) is 11.6 Å². The molecule has 2 heterocycles. The zero-order chi connectivity index (χ0) is 22.5. The number of rotatable bonds is 7. The second-order valence-corrected chi connectivity index (χ2v) is 7.37. The maximum Gasteiger partial charge on any atom is 0.247 e. The molecule has 0 saturated heterocycles. The molecule has 1 amide bonds. The van der Waals surface area contributed by atoms with Gasteiger partial charge >= 0.3 is 0 Å². The van der Waals surface area contributed by atoms with Crippen molar-refractivity contribution in [3.63, 3.8) is 0 Å². The van der Waals surface area contributed by atoms with Crippen LogP contribution in [0.3, 0.4) is 0 Å². The first-order valence-electron chi connectivity index (χ1n) is 9.28. The molecule has 0 bridgehead atoms. The van der Waals surface area contributed by atoms with Crippen molar-refractivity contribution in [2.45, 2.75) is 26.7 Å². The van der Waals surface area contributed by atoms with Crippen LogP contribution in [0, 0.1) is 18.3 Å². The Balaban J connectivity index is 1.85. The van der Waals surface area contributed by atoms with Crippen LogP contribution >= 0.6 is 15.9 Å². The Morgan fingerprint density at radius 3 is 2.71 bits per heavy atom. The number of benzene rings is 1. The van der Waals surface area contributed by atoms with Crippen LogP contribution in [0.15, 0.2) is 33.8 Å². The fourth-order valence-electron chi connectivity index (χ4n) is 3.08. The first-order chi connectivity index (χ1) is 14.9. The molecule has 1 aliphatic heterocycles. The quantitative estimate of drug-likeness (QED) is 0.587. The van der Waals surface area contributed by atoms with Gasteiger partial charge in [-0.2, -0.15) is 10.3 Å². The summed E-state index contributed by atoms with van der Waals surface area (Å²) in [6.45, 7) is 3.28. The van der Waals surface area contributed by atoms with Gasteiger partial charge in [-0.3, -0.25) is 4.79 Å². The van der Waals surface area contributed by atoms with E-state index in [4.69, 9.17) is 18.9 Å². The summed E-state index contributed by atoms with van der Waals surface area (Å²) >= 11 is 3.44. The highest BCUT2D eigenvalue weighted by molar-refractivity contribution is 9.10. The third-order valence-electron chi connectivity index (χ3n) is 4.52. The third-order valence-corrected chi connectivity index (χ3v) is 5.57. The normalized spacial score (nSPS) is 15.2. The van der Waals surface area contributed by atoms with Crippen LogP contribution in [0.1, 0.15) is 35.5 Å². The summed E-state index contributed by atoms with van der Waals surface area (Å²) in [6, 6.07) is 9.32. The molecule has 162 valence electrons. The lowest BCUT2D eigenvalue weighted by Crippen LogP contribution is -2.25. The molecule has 1 aliphatic rings. The number of pyridine rings is 1. The fourth-order valence-corrected chi connectivity index (χ4v) is 3.48. The lowest BCUT2D eigenvalue weighted by Gasteiger charge is -2.21. The van der Waals surface area contributed by atoms with Crippen LogP contribution in [-0.4, -0.2) is 42.6 Å². The Kier molecular flexibility index (Phi) is 7.09. The number of hydrogen-bond donors (Lipinski definition) is 0. The number of amides is 1. The predicted molar refractivity (Wildman–Crippen MR) is 114 cm³/mol. The van der Waals surface area contributed by atoms with Gasteiger partial charge in [0.25, 0.3) is 0 Å². The van der Waals surface area contributed by atoms with Gasteiger partial charge in [0.1, 0.15) is 17.4 Å². The van der Waals surface area contributed by atoms with Gasteiger partial charge in [-0.1, -0.05) is 12.1 Å². The highest BCUT2D eigenvalue weighted by Gasteiger charge is 2.34. The molecular formula is C21H21BrN4O5. The Morgan fingerprint density at radius 1 is 1.32 bits per heavy atom. The van der Waals surface area contributed by atoms with Crippen molar-refractivity contribution in [2.75, 3.05) is 20.8 Å². The maximum absolute atomic E-state index is 12.1. The van der Waals surface area contributed by atoms with Crippen LogP contribution in [0.4, 0.5) is 0 Å². The Morgan fingerprint density at radius 2 is 2.06 bits per heavy atom. The number of nitriles is 1. The van der Waals surface area contributed by atoms with Gasteiger partial charge in [0.05, 0.1) is 25.0 Å². The van der Waals surface area contributed by atoms with Gasteiger partial charge < -0.3 is 18.9 Å². The minimum atomic E-state index is -0.786. The molecule has 1 aromatic carbocycles. The number of nitrogens with zero attached hydrogens (tertiary/aromatic N) is 4. The molecule has 9 nitrogen and oxygen atoms in total. The number of carbonyl (C=O) groups excluding carboxylic acids is 1. The SMILES string of the molecule is COCc1c(Br)c(C)nc(OCC2=NN(C(C)=O)[C@@H](c3ccccc3OC)O2)c1C#N. The third kappa shape index (κ3) is 4.62. The molecule has 10 heteroatoms. The predicted octanol–water partition coefficient (Wildman–Crippen LogP) is 3.45.